The number of amides is 2. The van der Waals surface area contributed by atoms with Crippen LogP contribution in [0.25, 0.3) is 10.8 Å². The highest BCUT2D eigenvalue weighted by Crippen LogP contribution is 2.33. The Morgan fingerprint density at radius 2 is 1.84 bits per heavy atom. The maximum atomic E-state index is 12.6. The van der Waals surface area contributed by atoms with Crippen LogP contribution in [0.15, 0.2) is 42.5 Å². The highest BCUT2D eigenvalue weighted by atomic mass is 32.1. The molecule has 25 heavy (non-hydrogen) atoms. The molecule has 3 rings (SSSR count). The van der Waals surface area contributed by atoms with Gasteiger partial charge in [0.1, 0.15) is 5.00 Å². The molecule has 3 aromatic rings. The van der Waals surface area contributed by atoms with E-state index in [1.165, 1.54) is 11.3 Å². The van der Waals surface area contributed by atoms with Gasteiger partial charge in [0.2, 0.25) is 5.91 Å². The first kappa shape index (κ1) is 17.2. The van der Waals surface area contributed by atoms with Crippen molar-refractivity contribution < 1.29 is 9.59 Å². The number of fused-ring (bicyclic) bond motifs is 1. The molecule has 4 nitrogen and oxygen atoms in total. The number of anilines is 1. The van der Waals surface area contributed by atoms with Gasteiger partial charge in [-0.25, -0.2) is 0 Å². The summed E-state index contributed by atoms with van der Waals surface area (Å²) in [6.07, 6.45) is 0.956. The van der Waals surface area contributed by atoms with Crippen molar-refractivity contribution in [3.63, 3.8) is 0 Å². The lowest BCUT2D eigenvalue weighted by atomic mass is 10.0. The number of nitrogens with two attached hydrogens (primary N) is 1. The van der Waals surface area contributed by atoms with Gasteiger partial charge < -0.3 is 11.1 Å². The number of benzene rings is 2. The largest absolute Gasteiger partial charge is 0.365 e. The van der Waals surface area contributed by atoms with E-state index in [1.807, 2.05) is 56.3 Å². The number of carbonyl (C=O) groups is 2. The molecule has 0 atom stereocenters. The first-order chi connectivity index (χ1) is 12.0. The molecule has 2 amide bonds. The molecule has 5 heteroatoms. The van der Waals surface area contributed by atoms with Gasteiger partial charge in [0, 0.05) is 4.88 Å². The molecule has 1 heterocycles. The Bertz CT molecular complexity index is 954. The maximum Gasteiger partial charge on any atom is 0.251 e. The average molecular weight is 352 g/mol. The number of nitrogens with one attached hydrogen (secondary N) is 1. The molecular formula is C20H20N2O2S. The van der Waals surface area contributed by atoms with Crippen molar-refractivity contribution in [1.82, 2.24) is 0 Å². The SMILES string of the molecule is CCc1c(C)sc(NC(=O)Cc2cccc3ccccc23)c1C(N)=O. The van der Waals surface area contributed by atoms with Gasteiger partial charge in [0.15, 0.2) is 0 Å². The van der Waals surface area contributed by atoms with Gasteiger partial charge in [-0.05, 0) is 35.2 Å². The maximum absolute atomic E-state index is 12.6. The number of aryl methyl sites for hydroxylation is 1. The fraction of sp³-hybridized carbons (Fsp3) is 0.200. The van der Waals surface area contributed by atoms with Crippen molar-refractivity contribution in [1.29, 1.82) is 0 Å². The highest BCUT2D eigenvalue weighted by molar-refractivity contribution is 7.16. The van der Waals surface area contributed by atoms with Crippen molar-refractivity contribution in [3.8, 4) is 0 Å². The van der Waals surface area contributed by atoms with Gasteiger partial charge in [0.05, 0.1) is 12.0 Å². The summed E-state index contributed by atoms with van der Waals surface area (Å²) in [6.45, 7) is 3.92. The Morgan fingerprint density at radius 1 is 1.12 bits per heavy atom. The molecule has 2 aromatic carbocycles. The van der Waals surface area contributed by atoms with Gasteiger partial charge >= 0.3 is 0 Å². The van der Waals surface area contributed by atoms with E-state index in [0.29, 0.717) is 17.0 Å². The third-order valence-electron chi connectivity index (χ3n) is 4.29. The van der Waals surface area contributed by atoms with Crippen LogP contribution in [0.3, 0.4) is 0 Å². The van der Waals surface area contributed by atoms with Crippen molar-refractivity contribution in [2.24, 2.45) is 5.73 Å². The molecule has 0 spiro atoms. The van der Waals surface area contributed by atoms with Crippen LogP contribution in [0.1, 0.15) is 33.3 Å². The summed E-state index contributed by atoms with van der Waals surface area (Å²) in [5.74, 6) is -0.649. The Kier molecular flexibility index (Phi) is 4.86. The smallest absolute Gasteiger partial charge is 0.251 e. The van der Waals surface area contributed by atoms with Crippen LogP contribution in [0.5, 0.6) is 0 Å². The van der Waals surface area contributed by atoms with E-state index < -0.39 is 5.91 Å². The van der Waals surface area contributed by atoms with Crippen molar-refractivity contribution >= 4 is 38.9 Å². The number of primary amides is 1. The lowest BCUT2D eigenvalue weighted by molar-refractivity contribution is -0.115. The highest BCUT2D eigenvalue weighted by Gasteiger charge is 2.20. The van der Waals surface area contributed by atoms with E-state index in [0.717, 1.165) is 26.8 Å². The Balaban J connectivity index is 1.87. The standard InChI is InChI=1S/C20H20N2O2S/c1-3-15-12(2)25-20(18(15)19(21)24)22-17(23)11-14-9-6-8-13-7-4-5-10-16(13)14/h4-10H,3,11H2,1-2H3,(H2,21,24)(H,22,23). The summed E-state index contributed by atoms with van der Waals surface area (Å²) in [6, 6.07) is 13.9. The van der Waals surface area contributed by atoms with Gasteiger partial charge in [0.25, 0.3) is 5.91 Å². The van der Waals surface area contributed by atoms with Gasteiger partial charge in [-0.2, -0.15) is 0 Å². The fourth-order valence-corrected chi connectivity index (χ4v) is 4.31. The molecule has 0 bridgehead atoms. The predicted octanol–water partition coefficient (Wildman–Crippen LogP) is 4.05. The third kappa shape index (κ3) is 3.42. The average Bonchev–Trinajstić information content (AvgIpc) is 2.90. The Hall–Kier alpha value is -2.66. The van der Waals surface area contributed by atoms with Crippen molar-refractivity contribution in [2.75, 3.05) is 5.32 Å². The van der Waals surface area contributed by atoms with E-state index in [2.05, 4.69) is 5.32 Å². The summed E-state index contributed by atoms with van der Waals surface area (Å²) in [5, 5.41) is 5.59. The second kappa shape index (κ2) is 7.07. The van der Waals surface area contributed by atoms with Crippen LogP contribution in [0, 0.1) is 6.92 Å². The molecule has 0 aliphatic rings. The normalized spacial score (nSPS) is 10.8. The van der Waals surface area contributed by atoms with Crippen LogP contribution in [0.2, 0.25) is 0 Å². The number of thiophene rings is 1. The molecule has 0 saturated carbocycles. The van der Waals surface area contributed by atoms with Gasteiger partial charge in [-0.15, -0.1) is 11.3 Å². The van der Waals surface area contributed by atoms with Crippen LogP contribution >= 0.6 is 11.3 Å². The molecule has 0 aliphatic heterocycles. The van der Waals surface area contributed by atoms with E-state index in [1.54, 1.807) is 0 Å². The number of hydrogen-bond acceptors (Lipinski definition) is 3. The molecule has 0 saturated heterocycles. The van der Waals surface area contributed by atoms with Gasteiger partial charge in [-0.1, -0.05) is 49.4 Å². The topological polar surface area (TPSA) is 72.2 Å². The minimum Gasteiger partial charge on any atom is -0.365 e. The monoisotopic (exact) mass is 352 g/mol. The molecule has 128 valence electrons. The predicted molar refractivity (Wildman–Crippen MR) is 103 cm³/mol. The number of carbonyl (C=O) groups excluding carboxylic acids is 2. The summed E-state index contributed by atoms with van der Waals surface area (Å²) in [5.41, 5.74) is 7.84. The molecule has 0 radical (unpaired) electrons. The second-order valence-corrected chi connectivity index (χ2v) is 7.15. The number of rotatable bonds is 5. The lowest BCUT2D eigenvalue weighted by Gasteiger charge is -2.08. The second-order valence-electron chi connectivity index (χ2n) is 5.92. The van der Waals surface area contributed by atoms with E-state index in [9.17, 15) is 9.59 Å². The van der Waals surface area contributed by atoms with Crippen LogP contribution < -0.4 is 11.1 Å². The molecule has 0 aliphatic carbocycles. The molecule has 0 unspecified atom stereocenters. The zero-order valence-corrected chi connectivity index (χ0v) is 15.1. The zero-order chi connectivity index (χ0) is 18.0. The third-order valence-corrected chi connectivity index (χ3v) is 5.36. The number of hydrogen-bond donors (Lipinski definition) is 2. The van der Waals surface area contributed by atoms with Crippen molar-refractivity contribution in [2.45, 2.75) is 26.7 Å². The van der Waals surface area contributed by atoms with Crippen LogP contribution in [-0.2, 0) is 17.6 Å². The molecule has 3 N–H and O–H groups in total. The molecule has 0 fully saturated rings. The van der Waals surface area contributed by atoms with E-state index in [4.69, 9.17) is 5.73 Å². The first-order valence-corrected chi connectivity index (χ1v) is 9.01. The quantitative estimate of drug-likeness (QED) is 0.727. The van der Waals surface area contributed by atoms with Crippen molar-refractivity contribution in [3.05, 3.63) is 64.0 Å². The fourth-order valence-electron chi connectivity index (χ4n) is 3.14. The first-order valence-electron chi connectivity index (χ1n) is 8.19. The van der Waals surface area contributed by atoms with Crippen LogP contribution in [0.4, 0.5) is 5.00 Å². The Morgan fingerprint density at radius 3 is 2.56 bits per heavy atom. The zero-order valence-electron chi connectivity index (χ0n) is 14.3. The molecular weight excluding hydrogens is 332 g/mol. The summed E-state index contributed by atoms with van der Waals surface area (Å²) in [4.78, 5) is 25.4. The lowest BCUT2D eigenvalue weighted by Crippen LogP contribution is -2.19. The van der Waals surface area contributed by atoms with Gasteiger partial charge in [-0.3, -0.25) is 9.59 Å². The Labute approximate surface area is 150 Å². The minimum absolute atomic E-state index is 0.150. The van der Waals surface area contributed by atoms with E-state index in [-0.39, 0.29) is 12.3 Å². The van der Waals surface area contributed by atoms with E-state index >= 15 is 0 Å². The van der Waals surface area contributed by atoms with Crippen LogP contribution in [-0.4, -0.2) is 11.8 Å². The minimum atomic E-state index is -0.498. The summed E-state index contributed by atoms with van der Waals surface area (Å²) < 4.78 is 0. The summed E-state index contributed by atoms with van der Waals surface area (Å²) >= 11 is 1.40. The molecule has 1 aromatic heterocycles. The summed E-state index contributed by atoms with van der Waals surface area (Å²) in [7, 11) is 0.